The van der Waals surface area contributed by atoms with Gasteiger partial charge in [0.15, 0.2) is 5.82 Å². The highest BCUT2D eigenvalue weighted by molar-refractivity contribution is 5.63. The van der Waals surface area contributed by atoms with E-state index >= 15 is 0 Å². The molecule has 0 saturated carbocycles. The monoisotopic (exact) mass is 459 g/mol. The van der Waals surface area contributed by atoms with E-state index in [-0.39, 0.29) is 18.4 Å². The average Bonchev–Trinajstić information content (AvgIpc) is 2.82. The molecule has 0 radical (unpaired) electrons. The van der Waals surface area contributed by atoms with Crippen molar-refractivity contribution in [3.63, 3.8) is 0 Å². The van der Waals surface area contributed by atoms with Crippen LogP contribution in [-0.2, 0) is 12.8 Å². The molecule has 0 unspecified atom stereocenters. The summed E-state index contributed by atoms with van der Waals surface area (Å²) < 4.78 is 52.2. The van der Waals surface area contributed by atoms with Gasteiger partial charge in [0.2, 0.25) is 0 Å². The van der Waals surface area contributed by atoms with Crippen molar-refractivity contribution in [2.75, 3.05) is 18.6 Å². The lowest BCUT2D eigenvalue weighted by Crippen LogP contribution is -2.19. The number of hydrogen-bond acceptors (Lipinski definition) is 5. The first-order valence-electron chi connectivity index (χ1n) is 11.0. The predicted octanol–water partition coefficient (Wildman–Crippen LogP) is 6.80. The second kappa shape index (κ2) is 11.5. The lowest BCUT2D eigenvalue weighted by atomic mass is 10.2. The lowest BCUT2D eigenvalue weighted by molar-refractivity contribution is -0.137. The summed E-state index contributed by atoms with van der Waals surface area (Å²) in [6.07, 6.45) is 0.556. The fraction of sp³-hybridized carbons (Fsp3) is 0.360. The van der Waals surface area contributed by atoms with E-state index in [0.717, 1.165) is 31.0 Å². The van der Waals surface area contributed by atoms with Crippen molar-refractivity contribution >= 4 is 11.5 Å². The number of hydrogen-bond donors (Lipinski definition) is 0. The van der Waals surface area contributed by atoms with Gasteiger partial charge in [-0.05, 0) is 36.2 Å². The maximum absolute atomic E-state index is 13.6. The highest BCUT2D eigenvalue weighted by Crippen LogP contribution is 2.38. The average molecular weight is 460 g/mol. The summed E-state index contributed by atoms with van der Waals surface area (Å²) in [5, 5.41) is 0. The normalized spacial score (nSPS) is 11.3. The maximum Gasteiger partial charge on any atom is 0.421 e. The van der Waals surface area contributed by atoms with E-state index in [1.165, 1.54) is 18.4 Å². The number of halogens is 3. The summed E-state index contributed by atoms with van der Waals surface area (Å²) in [7, 11) is 1.53. The first kappa shape index (κ1) is 24.4. The van der Waals surface area contributed by atoms with Crippen LogP contribution >= 0.6 is 0 Å². The fourth-order valence-electron chi connectivity index (χ4n) is 3.21. The number of aromatic nitrogens is 2. The van der Waals surface area contributed by atoms with Gasteiger partial charge in [-0.15, -0.1) is 0 Å². The Balaban J connectivity index is 1.74. The Morgan fingerprint density at radius 1 is 0.909 bits per heavy atom. The smallest absolute Gasteiger partial charge is 0.421 e. The third-order valence-corrected chi connectivity index (χ3v) is 5.07. The molecule has 176 valence electrons. The molecule has 0 bridgehead atoms. The van der Waals surface area contributed by atoms with Gasteiger partial charge >= 0.3 is 12.2 Å². The summed E-state index contributed by atoms with van der Waals surface area (Å²) in [5.74, 6) is 0.392. The first-order valence-corrected chi connectivity index (χ1v) is 11.0. The van der Waals surface area contributed by atoms with E-state index in [9.17, 15) is 13.2 Å². The number of nitrogens with zero attached hydrogens (tertiary/aromatic N) is 3. The SMILES string of the molecule is CCCCCCOc1ccc(N(C)c2nc(OCc3ccccc3)ncc2C(F)(F)F)cc1. The molecule has 0 aliphatic rings. The van der Waals surface area contributed by atoms with Crippen LogP contribution in [0.3, 0.4) is 0 Å². The standard InChI is InChI=1S/C25H28F3N3O2/c1-3-4-5-9-16-32-21-14-12-20(13-15-21)31(2)23-22(25(26,27)28)17-29-24(30-23)33-18-19-10-7-6-8-11-19/h6-8,10-15,17H,3-5,9,16,18H2,1-2H3. The van der Waals surface area contributed by atoms with E-state index in [1.807, 2.05) is 30.3 Å². The molecule has 1 aromatic heterocycles. The van der Waals surface area contributed by atoms with Gasteiger partial charge in [0.05, 0.1) is 6.61 Å². The Morgan fingerprint density at radius 2 is 1.64 bits per heavy atom. The predicted molar refractivity (Wildman–Crippen MR) is 122 cm³/mol. The van der Waals surface area contributed by atoms with Crippen LogP contribution in [0, 0.1) is 0 Å². The molecule has 3 rings (SSSR count). The minimum atomic E-state index is -4.61. The Hall–Kier alpha value is -3.29. The minimum Gasteiger partial charge on any atom is -0.494 e. The Morgan fingerprint density at radius 3 is 2.30 bits per heavy atom. The second-order valence-electron chi connectivity index (χ2n) is 7.62. The van der Waals surface area contributed by atoms with Crippen molar-refractivity contribution in [3.05, 3.63) is 71.9 Å². The summed E-state index contributed by atoms with van der Waals surface area (Å²) in [6, 6.07) is 16.0. The number of anilines is 2. The minimum absolute atomic E-state index is 0.124. The number of benzene rings is 2. The Labute approximate surface area is 192 Å². The van der Waals surface area contributed by atoms with Crippen molar-refractivity contribution in [2.45, 2.75) is 45.4 Å². The summed E-state index contributed by atoms with van der Waals surface area (Å²) >= 11 is 0. The zero-order valence-electron chi connectivity index (χ0n) is 18.8. The molecule has 33 heavy (non-hydrogen) atoms. The van der Waals surface area contributed by atoms with Crippen LogP contribution in [0.2, 0.25) is 0 Å². The van der Waals surface area contributed by atoms with Crippen molar-refractivity contribution in [1.29, 1.82) is 0 Å². The van der Waals surface area contributed by atoms with Crippen LogP contribution in [0.1, 0.15) is 43.7 Å². The number of unbranched alkanes of at least 4 members (excludes halogenated alkanes) is 3. The molecule has 0 atom stereocenters. The van der Waals surface area contributed by atoms with Crippen LogP contribution < -0.4 is 14.4 Å². The summed E-state index contributed by atoms with van der Waals surface area (Å²) in [6.45, 7) is 2.91. The molecule has 0 saturated heterocycles. The zero-order chi connectivity index (χ0) is 23.7. The quantitative estimate of drug-likeness (QED) is 0.295. The van der Waals surface area contributed by atoms with Crippen LogP contribution in [0.25, 0.3) is 0 Å². The van der Waals surface area contributed by atoms with Gasteiger partial charge in [0.1, 0.15) is 17.9 Å². The molecule has 0 N–H and O–H groups in total. The van der Waals surface area contributed by atoms with Crippen LogP contribution in [0.15, 0.2) is 60.8 Å². The van der Waals surface area contributed by atoms with Crippen LogP contribution in [0.4, 0.5) is 24.7 Å². The number of ether oxygens (including phenoxy) is 2. The van der Waals surface area contributed by atoms with Gasteiger partial charge in [-0.2, -0.15) is 18.2 Å². The van der Waals surface area contributed by atoms with Crippen LogP contribution in [-0.4, -0.2) is 23.6 Å². The van der Waals surface area contributed by atoms with Crippen LogP contribution in [0.5, 0.6) is 11.8 Å². The van der Waals surface area contributed by atoms with E-state index in [2.05, 4.69) is 16.9 Å². The number of alkyl halides is 3. The Bertz CT molecular complexity index is 996. The van der Waals surface area contributed by atoms with Gasteiger partial charge in [0.25, 0.3) is 0 Å². The molecule has 0 spiro atoms. The van der Waals surface area contributed by atoms with E-state index in [4.69, 9.17) is 9.47 Å². The topological polar surface area (TPSA) is 47.5 Å². The summed E-state index contributed by atoms with van der Waals surface area (Å²) in [5.41, 5.74) is 0.459. The van der Waals surface area contributed by atoms with Gasteiger partial charge in [-0.1, -0.05) is 56.5 Å². The van der Waals surface area contributed by atoms with Gasteiger partial charge in [-0.25, -0.2) is 4.98 Å². The van der Waals surface area contributed by atoms with E-state index in [0.29, 0.717) is 18.0 Å². The van der Waals surface area contributed by atoms with Gasteiger partial charge in [0, 0.05) is 18.9 Å². The highest BCUT2D eigenvalue weighted by atomic mass is 19.4. The fourth-order valence-corrected chi connectivity index (χ4v) is 3.21. The molecule has 0 aliphatic heterocycles. The molecule has 0 amide bonds. The van der Waals surface area contributed by atoms with Crippen molar-refractivity contribution in [2.24, 2.45) is 0 Å². The Kier molecular flexibility index (Phi) is 8.52. The molecular weight excluding hydrogens is 431 g/mol. The number of rotatable bonds is 11. The maximum atomic E-state index is 13.6. The molecule has 1 heterocycles. The van der Waals surface area contributed by atoms with Gasteiger partial charge in [-0.3, -0.25) is 0 Å². The highest BCUT2D eigenvalue weighted by Gasteiger charge is 2.36. The van der Waals surface area contributed by atoms with Crippen molar-refractivity contribution in [3.8, 4) is 11.8 Å². The first-order chi connectivity index (χ1) is 15.9. The third kappa shape index (κ3) is 7.10. The molecule has 5 nitrogen and oxygen atoms in total. The molecule has 2 aromatic carbocycles. The molecule has 8 heteroatoms. The third-order valence-electron chi connectivity index (χ3n) is 5.07. The zero-order valence-corrected chi connectivity index (χ0v) is 18.8. The van der Waals surface area contributed by atoms with E-state index < -0.39 is 11.7 Å². The van der Waals surface area contributed by atoms with Crippen molar-refractivity contribution < 1.29 is 22.6 Å². The molecule has 3 aromatic rings. The van der Waals surface area contributed by atoms with E-state index in [1.54, 1.807) is 24.3 Å². The lowest BCUT2D eigenvalue weighted by Gasteiger charge is -2.23. The molecule has 0 fully saturated rings. The second-order valence-corrected chi connectivity index (χ2v) is 7.62. The van der Waals surface area contributed by atoms with Crippen molar-refractivity contribution in [1.82, 2.24) is 9.97 Å². The molecular formula is C25H28F3N3O2. The van der Waals surface area contributed by atoms with Gasteiger partial charge < -0.3 is 14.4 Å². The summed E-state index contributed by atoms with van der Waals surface area (Å²) in [4.78, 5) is 9.20. The molecule has 0 aliphatic carbocycles. The largest absolute Gasteiger partial charge is 0.494 e.